The molecule has 2 atom stereocenters. The Morgan fingerprint density at radius 1 is 1.44 bits per heavy atom. The van der Waals surface area contributed by atoms with E-state index in [-0.39, 0.29) is 12.1 Å². The van der Waals surface area contributed by atoms with Gasteiger partial charge in [-0.2, -0.15) is 0 Å². The summed E-state index contributed by atoms with van der Waals surface area (Å²) in [7, 11) is 1.62. The quantitative estimate of drug-likeness (QED) is 0.797. The van der Waals surface area contributed by atoms with Crippen molar-refractivity contribution < 1.29 is 14.6 Å². The first-order valence-electron chi connectivity index (χ1n) is 6.26. The summed E-state index contributed by atoms with van der Waals surface area (Å²) in [5, 5.41) is 14.4. The molecular weight excluding hydrogens is 232 g/mol. The van der Waals surface area contributed by atoms with E-state index in [4.69, 9.17) is 9.47 Å². The zero-order valence-electron chi connectivity index (χ0n) is 10.4. The average Bonchev–Trinajstić information content (AvgIpc) is 2.38. The van der Waals surface area contributed by atoms with Crippen LogP contribution in [-0.2, 0) is 10.3 Å². The molecule has 2 aliphatic rings. The first-order chi connectivity index (χ1) is 8.71. The van der Waals surface area contributed by atoms with Crippen molar-refractivity contribution in [2.45, 2.75) is 30.5 Å². The van der Waals surface area contributed by atoms with E-state index < -0.39 is 5.60 Å². The van der Waals surface area contributed by atoms with Gasteiger partial charge in [0.05, 0.1) is 25.9 Å². The van der Waals surface area contributed by atoms with E-state index in [1.165, 1.54) is 0 Å². The molecule has 18 heavy (non-hydrogen) atoms. The number of hydrogen-bond acceptors (Lipinski definition) is 5. The van der Waals surface area contributed by atoms with Gasteiger partial charge >= 0.3 is 0 Å². The van der Waals surface area contributed by atoms with Gasteiger partial charge < -0.3 is 19.9 Å². The lowest BCUT2D eigenvalue weighted by Gasteiger charge is -2.45. The van der Waals surface area contributed by atoms with E-state index in [0.29, 0.717) is 31.8 Å². The highest BCUT2D eigenvalue weighted by Crippen LogP contribution is 2.40. The number of nitrogens with zero attached hydrogens (tertiary/aromatic N) is 1. The van der Waals surface area contributed by atoms with Crippen molar-refractivity contribution >= 4 is 0 Å². The number of methoxy groups -OCH3 is 1. The van der Waals surface area contributed by atoms with E-state index in [1.807, 2.05) is 0 Å². The highest BCUT2D eigenvalue weighted by atomic mass is 16.5. The summed E-state index contributed by atoms with van der Waals surface area (Å²) >= 11 is 0. The van der Waals surface area contributed by atoms with Crippen molar-refractivity contribution in [3.05, 3.63) is 24.0 Å². The van der Waals surface area contributed by atoms with Crippen LogP contribution in [0.25, 0.3) is 0 Å². The molecule has 0 radical (unpaired) electrons. The summed E-state index contributed by atoms with van der Waals surface area (Å²) in [6.45, 7) is 1.31. The summed E-state index contributed by atoms with van der Waals surface area (Å²) in [5.41, 5.74) is -0.0878. The third-order valence-corrected chi connectivity index (χ3v) is 3.78. The Bertz CT molecular complexity index is 426. The van der Waals surface area contributed by atoms with E-state index >= 15 is 0 Å². The van der Waals surface area contributed by atoms with Crippen LogP contribution in [0.1, 0.15) is 18.4 Å². The fraction of sp³-hybridized carbons (Fsp3) is 0.615. The number of morpholine rings is 1. The molecule has 5 heteroatoms. The van der Waals surface area contributed by atoms with Crippen LogP contribution in [0.15, 0.2) is 18.5 Å². The predicted molar refractivity (Wildman–Crippen MR) is 65.5 cm³/mol. The maximum atomic E-state index is 10.9. The third kappa shape index (κ3) is 1.98. The maximum Gasteiger partial charge on any atom is 0.128 e. The van der Waals surface area contributed by atoms with E-state index in [9.17, 15) is 5.11 Å². The Hall–Kier alpha value is -1.17. The topological polar surface area (TPSA) is 63.6 Å². The molecule has 0 amide bonds. The van der Waals surface area contributed by atoms with Crippen LogP contribution in [0.3, 0.4) is 0 Å². The molecule has 2 N–H and O–H groups in total. The predicted octanol–water partition coefficient (Wildman–Crippen LogP) is 0.429. The van der Waals surface area contributed by atoms with Gasteiger partial charge in [0.15, 0.2) is 0 Å². The number of rotatable bonds is 2. The van der Waals surface area contributed by atoms with Crippen LogP contribution >= 0.6 is 0 Å². The lowest BCUT2D eigenvalue weighted by molar-refractivity contribution is -0.0812. The molecule has 0 spiro atoms. The van der Waals surface area contributed by atoms with Crippen LogP contribution in [0.2, 0.25) is 0 Å². The van der Waals surface area contributed by atoms with Gasteiger partial charge in [0.25, 0.3) is 0 Å². The smallest absolute Gasteiger partial charge is 0.128 e. The van der Waals surface area contributed by atoms with Gasteiger partial charge in [-0.05, 0) is 18.9 Å². The second-order valence-electron chi connectivity index (χ2n) is 5.11. The Kier molecular flexibility index (Phi) is 2.97. The van der Waals surface area contributed by atoms with Gasteiger partial charge in [0.2, 0.25) is 0 Å². The normalized spacial score (nSPS) is 35.2. The molecule has 5 nitrogen and oxygen atoms in total. The first-order valence-corrected chi connectivity index (χ1v) is 6.26. The summed E-state index contributed by atoms with van der Waals surface area (Å²) in [5.74, 6) is 0.702. The molecule has 1 aromatic rings. The monoisotopic (exact) mass is 250 g/mol. The molecule has 3 rings (SSSR count). The zero-order chi connectivity index (χ0) is 12.6. The van der Waals surface area contributed by atoms with Gasteiger partial charge in [-0.15, -0.1) is 0 Å². The van der Waals surface area contributed by atoms with Crippen molar-refractivity contribution in [3.8, 4) is 5.75 Å². The molecule has 98 valence electrons. The minimum Gasteiger partial charge on any atom is -0.496 e. The highest BCUT2D eigenvalue weighted by molar-refractivity contribution is 5.36. The van der Waals surface area contributed by atoms with Crippen LogP contribution in [0, 0.1) is 0 Å². The molecule has 2 saturated heterocycles. The Morgan fingerprint density at radius 3 is 2.83 bits per heavy atom. The molecule has 3 heterocycles. The molecule has 2 bridgehead atoms. The van der Waals surface area contributed by atoms with Crippen LogP contribution in [0.4, 0.5) is 0 Å². The lowest BCUT2D eigenvalue weighted by Crippen LogP contribution is -2.58. The van der Waals surface area contributed by atoms with Crippen molar-refractivity contribution in [2.75, 3.05) is 20.3 Å². The Morgan fingerprint density at radius 2 is 2.17 bits per heavy atom. The molecule has 2 unspecified atom stereocenters. The SMILES string of the molecule is COc1ccncc1C1(O)CC2COCC(C1)N2. The number of piperidine rings is 1. The summed E-state index contributed by atoms with van der Waals surface area (Å²) in [6, 6.07) is 2.20. The number of aromatic nitrogens is 1. The van der Waals surface area contributed by atoms with Crippen molar-refractivity contribution in [1.82, 2.24) is 10.3 Å². The largest absolute Gasteiger partial charge is 0.496 e. The molecular formula is C13H18N2O3. The summed E-state index contributed by atoms with van der Waals surface area (Å²) in [4.78, 5) is 4.12. The van der Waals surface area contributed by atoms with E-state index in [0.717, 1.165) is 5.56 Å². The summed E-state index contributed by atoms with van der Waals surface area (Å²) in [6.07, 6.45) is 4.65. The van der Waals surface area contributed by atoms with Gasteiger partial charge in [-0.3, -0.25) is 4.98 Å². The van der Waals surface area contributed by atoms with Crippen molar-refractivity contribution in [2.24, 2.45) is 0 Å². The van der Waals surface area contributed by atoms with Crippen LogP contribution in [-0.4, -0.2) is 42.5 Å². The fourth-order valence-electron chi connectivity index (χ4n) is 3.05. The number of fused-ring (bicyclic) bond motifs is 2. The van der Waals surface area contributed by atoms with Gasteiger partial charge in [-0.25, -0.2) is 0 Å². The second-order valence-corrected chi connectivity index (χ2v) is 5.11. The molecule has 0 aliphatic carbocycles. The van der Waals surface area contributed by atoms with E-state index in [1.54, 1.807) is 25.6 Å². The average molecular weight is 250 g/mol. The van der Waals surface area contributed by atoms with Gasteiger partial charge in [0.1, 0.15) is 5.75 Å². The molecule has 2 fully saturated rings. The zero-order valence-corrected chi connectivity index (χ0v) is 10.4. The van der Waals surface area contributed by atoms with Gasteiger partial charge in [-0.1, -0.05) is 0 Å². The minimum absolute atomic E-state index is 0.201. The van der Waals surface area contributed by atoms with Crippen molar-refractivity contribution in [1.29, 1.82) is 0 Å². The van der Waals surface area contributed by atoms with Gasteiger partial charge in [0, 0.05) is 30.0 Å². The number of hydrogen-bond donors (Lipinski definition) is 2. The van der Waals surface area contributed by atoms with E-state index in [2.05, 4.69) is 10.3 Å². The van der Waals surface area contributed by atoms with Crippen LogP contribution in [0.5, 0.6) is 5.75 Å². The summed E-state index contributed by atoms with van der Waals surface area (Å²) < 4.78 is 10.8. The molecule has 0 aromatic carbocycles. The molecule has 2 aliphatic heterocycles. The second kappa shape index (κ2) is 4.50. The third-order valence-electron chi connectivity index (χ3n) is 3.78. The number of ether oxygens (including phenoxy) is 2. The minimum atomic E-state index is -0.871. The highest BCUT2D eigenvalue weighted by Gasteiger charge is 2.43. The maximum absolute atomic E-state index is 10.9. The number of pyridine rings is 1. The van der Waals surface area contributed by atoms with Crippen LogP contribution < -0.4 is 10.1 Å². The Balaban J connectivity index is 1.94. The Labute approximate surface area is 106 Å². The fourth-order valence-corrected chi connectivity index (χ4v) is 3.05. The molecule has 0 saturated carbocycles. The molecule has 1 aromatic heterocycles. The van der Waals surface area contributed by atoms with Crippen molar-refractivity contribution in [3.63, 3.8) is 0 Å². The first kappa shape index (κ1) is 11.9. The number of nitrogens with one attached hydrogen (secondary N) is 1. The number of aliphatic hydroxyl groups is 1. The lowest BCUT2D eigenvalue weighted by atomic mass is 9.78. The standard InChI is InChI=1S/C13H18N2O3/c1-17-12-2-3-14-6-11(12)13(16)4-9-7-18-8-10(5-13)15-9/h2-3,6,9-10,15-16H,4-5,7-8H2,1H3.